The number of nitrogens with zero attached hydrogens (tertiary/aromatic N) is 2. The molecule has 0 saturated carbocycles. The van der Waals surface area contributed by atoms with Crippen LogP contribution < -0.4 is 4.90 Å². The van der Waals surface area contributed by atoms with Gasteiger partial charge in [0.1, 0.15) is 0 Å². The first-order valence-corrected chi connectivity index (χ1v) is 19.0. The van der Waals surface area contributed by atoms with Crippen LogP contribution in [0, 0.1) is 0 Å². The molecule has 0 amide bonds. The van der Waals surface area contributed by atoms with Crippen molar-refractivity contribution in [2.45, 2.75) is 5.41 Å². The molecule has 10 aromatic rings. The molecule has 1 aliphatic carbocycles. The maximum atomic E-state index is 2.47. The van der Waals surface area contributed by atoms with Crippen molar-refractivity contribution >= 4 is 49.6 Å². The van der Waals surface area contributed by atoms with Crippen molar-refractivity contribution in [3.63, 3.8) is 0 Å². The van der Waals surface area contributed by atoms with E-state index in [1.807, 2.05) is 0 Å². The van der Waals surface area contributed by atoms with Gasteiger partial charge >= 0.3 is 0 Å². The van der Waals surface area contributed by atoms with Gasteiger partial charge in [-0.3, -0.25) is 0 Å². The minimum absolute atomic E-state index is 0.509. The lowest BCUT2D eigenvalue weighted by Crippen LogP contribution is -2.28. The second-order valence-corrected chi connectivity index (χ2v) is 14.5. The topological polar surface area (TPSA) is 8.17 Å². The predicted molar refractivity (Wildman–Crippen MR) is 230 cm³/mol. The van der Waals surface area contributed by atoms with Crippen molar-refractivity contribution in [3.8, 4) is 16.8 Å². The zero-order chi connectivity index (χ0) is 36.3. The first-order chi connectivity index (χ1) is 27.3. The molecule has 1 aliphatic rings. The smallest absolute Gasteiger partial charge is 0.0714 e. The van der Waals surface area contributed by atoms with Crippen LogP contribution in [0.1, 0.15) is 22.3 Å². The second-order valence-electron chi connectivity index (χ2n) is 14.5. The van der Waals surface area contributed by atoms with E-state index < -0.39 is 5.41 Å². The lowest BCUT2D eigenvalue weighted by Gasteiger charge is -2.34. The van der Waals surface area contributed by atoms with E-state index in [2.05, 4.69) is 228 Å². The molecule has 9 aromatic carbocycles. The molecule has 0 atom stereocenters. The van der Waals surface area contributed by atoms with Gasteiger partial charge in [0.05, 0.1) is 16.4 Å². The summed E-state index contributed by atoms with van der Waals surface area (Å²) in [6, 6.07) is 80.0. The summed E-state index contributed by atoms with van der Waals surface area (Å²) in [5.41, 5.74) is 14.1. The number of hydrogen-bond acceptors (Lipinski definition) is 1. The first-order valence-electron chi connectivity index (χ1n) is 19.0. The molecule has 0 saturated heterocycles. The Bertz CT molecular complexity index is 2940. The number of hydrogen-bond donors (Lipinski definition) is 0. The molecule has 55 heavy (non-hydrogen) atoms. The van der Waals surface area contributed by atoms with E-state index in [1.165, 1.54) is 66.0 Å². The van der Waals surface area contributed by atoms with Gasteiger partial charge in [-0.2, -0.15) is 0 Å². The Morgan fingerprint density at radius 2 is 0.873 bits per heavy atom. The van der Waals surface area contributed by atoms with Gasteiger partial charge in [0.15, 0.2) is 0 Å². The van der Waals surface area contributed by atoms with E-state index in [0.29, 0.717) is 0 Å². The van der Waals surface area contributed by atoms with Crippen molar-refractivity contribution in [2.75, 3.05) is 4.90 Å². The summed E-state index contributed by atoms with van der Waals surface area (Å²) in [7, 11) is 0. The van der Waals surface area contributed by atoms with Gasteiger partial charge in [-0.15, -0.1) is 0 Å². The normalized spacial score (nSPS) is 12.9. The van der Waals surface area contributed by atoms with E-state index in [-0.39, 0.29) is 0 Å². The number of para-hydroxylation sites is 3. The summed E-state index contributed by atoms with van der Waals surface area (Å²) < 4.78 is 2.46. The third-order valence-corrected chi connectivity index (χ3v) is 11.6. The fourth-order valence-corrected chi connectivity index (χ4v) is 9.28. The Kier molecular flexibility index (Phi) is 7.11. The van der Waals surface area contributed by atoms with Crippen LogP contribution in [0.5, 0.6) is 0 Å². The molecular weight excluding hydrogens is 665 g/mol. The van der Waals surface area contributed by atoms with E-state index in [0.717, 1.165) is 22.7 Å². The van der Waals surface area contributed by atoms with Crippen LogP contribution in [0.4, 0.5) is 17.1 Å². The highest BCUT2D eigenvalue weighted by Gasteiger charge is 2.46. The van der Waals surface area contributed by atoms with Crippen molar-refractivity contribution < 1.29 is 0 Å². The van der Waals surface area contributed by atoms with E-state index in [9.17, 15) is 0 Å². The first kappa shape index (κ1) is 31.4. The van der Waals surface area contributed by atoms with Gasteiger partial charge in [0.25, 0.3) is 0 Å². The largest absolute Gasteiger partial charge is 0.310 e. The monoisotopic (exact) mass is 700 g/mol. The van der Waals surface area contributed by atoms with E-state index in [4.69, 9.17) is 0 Å². The highest BCUT2D eigenvalue weighted by Crippen LogP contribution is 2.57. The fourth-order valence-electron chi connectivity index (χ4n) is 9.28. The van der Waals surface area contributed by atoms with Gasteiger partial charge in [-0.05, 0) is 117 Å². The van der Waals surface area contributed by atoms with Gasteiger partial charge < -0.3 is 9.47 Å². The lowest BCUT2D eigenvalue weighted by atomic mass is 9.67. The van der Waals surface area contributed by atoms with Crippen LogP contribution >= 0.6 is 0 Å². The Hall–Kier alpha value is -7.16. The molecule has 1 heterocycles. The van der Waals surface area contributed by atoms with Gasteiger partial charge in [-0.25, -0.2) is 0 Å². The average molecular weight is 701 g/mol. The summed E-state index contributed by atoms with van der Waals surface area (Å²) in [5, 5.41) is 4.96. The van der Waals surface area contributed by atoms with Crippen LogP contribution in [-0.2, 0) is 5.41 Å². The predicted octanol–water partition coefficient (Wildman–Crippen LogP) is 13.8. The van der Waals surface area contributed by atoms with Gasteiger partial charge in [0, 0.05) is 33.5 Å². The summed E-state index contributed by atoms with van der Waals surface area (Å²) in [5.74, 6) is 0. The van der Waals surface area contributed by atoms with Gasteiger partial charge in [-0.1, -0.05) is 146 Å². The Balaban J connectivity index is 1.18. The number of rotatable bonds is 6. The van der Waals surface area contributed by atoms with Crippen LogP contribution in [-0.4, -0.2) is 4.57 Å². The average Bonchev–Trinajstić information content (AvgIpc) is 3.74. The number of aromatic nitrogens is 1. The highest BCUT2D eigenvalue weighted by molar-refractivity contribution is 6.11. The molecule has 0 spiro atoms. The maximum absolute atomic E-state index is 2.47. The van der Waals surface area contributed by atoms with Crippen molar-refractivity contribution in [1.29, 1.82) is 0 Å². The third-order valence-electron chi connectivity index (χ3n) is 11.6. The molecule has 0 bridgehead atoms. The zero-order valence-corrected chi connectivity index (χ0v) is 30.2. The lowest BCUT2D eigenvalue weighted by molar-refractivity contribution is 0.768. The van der Waals surface area contributed by atoms with E-state index in [1.54, 1.807) is 0 Å². The van der Waals surface area contributed by atoms with Crippen LogP contribution in [0.2, 0.25) is 0 Å². The Morgan fingerprint density at radius 1 is 0.345 bits per heavy atom. The number of anilines is 3. The fraction of sp³-hybridized carbons (Fsp3) is 0.0189. The minimum atomic E-state index is -0.509. The number of benzene rings is 9. The van der Waals surface area contributed by atoms with Crippen LogP contribution in [0.15, 0.2) is 218 Å². The molecular formula is C53H36N2. The van der Waals surface area contributed by atoms with Crippen molar-refractivity contribution in [2.24, 2.45) is 0 Å². The van der Waals surface area contributed by atoms with Crippen molar-refractivity contribution in [1.82, 2.24) is 4.57 Å². The van der Waals surface area contributed by atoms with Gasteiger partial charge in [0.2, 0.25) is 0 Å². The molecule has 0 radical (unpaired) electrons. The molecule has 258 valence electrons. The maximum Gasteiger partial charge on any atom is 0.0714 e. The van der Waals surface area contributed by atoms with E-state index >= 15 is 0 Å². The van der Waals surface area contributed by atoms with Crippen LogP contribution in [0.3, 0.4) is 0 Å². The molecule has 0 aliphatic heterocycles. The molecule has 0 unspecified atom stereocenters. The quantitative estimate of drug-likeness (QED) is 0.168. The summed E-state index contributed by atoms with van der Waals surface area (Å²) >= 11 is 0. The summed E-state index contributed by atoms with van der Waals surface area (Å²) in [6.45, 7) is 0. The summed E-state index contributed by atoms with van der Waals surface area (Å²) in [6.07, 6.45) is 0. The molecule has 0 fully saturated rings. The minimum Gasteiger partial charge on any atom is -0.310 e. The molecule has 0 N–H and O–H groups in total. The molecule has 11 rings (SSSR count). The zero-order valence-electron chi connectivity index (χ0n) is 30.2. The summed E-state index contributed by atoms with van der Waals surface area (Å²) in [4.78, 5) is 2.34. The highest BCUT2D eigenvalue weighted by atomic mass is 15.1. The molecule has 2 heteroatoms. The third kappa shape index (κ3) is 4.75. The second kappa shape index (κ2) is 12.5. The Morgan fingerprint density at radius 3 is 1.53 bits per heavy atom. The molecule has 2 nitrogen and oxygen atoms in total. The Labute approximate surface area is 320 Å². The number of fused-ring (bicyclic) bond motifs is 7. The SMILES string of the molecule is c1ccc(N(c2ccccc2)c2ccc3c(c2)c2ccccc2n3-c2ccc3c(c2)C(c2ccccc2)(c2ccccc2)c2cc4ccccc4cc2-3)cc1. The molecule has 1 aromatic heterocycles. The van der Waals surface area contributed by atoms with Crippen molar-refractivity contribution in [3.05, 3.63) is 241 Å². The van der Waals surface area contributed by atoms with Crippen LogP contribution in [0.25, 0.3) is 49.4 Å². The standard InChI is InChI=1S/C53H36N2/c1-5-19-39(20-6-1)53(40-21-7-2-8-22-40)49-34-38-18-14-13-17-37(38)33-47(49)45-31-29-44(36-50(45)53)55-51-28-16-15-27-46(51)48-35-43(30-32-52(48)55)54(41-23-9-3-10-24-41)42-25-11-4-12-26-42/h1-36H.